The van der Waals surface area contributed by atoms with Gasteiger partial charge in [0, 0.05) is 16.9 Å². The lowest BCUT2D eigenvalue weighted by Gasteiger charge is -2.21. The maximum atomic E-state index is 12.5. The van der Waals surface area contributed by atoms with Crippen molar-refractivity contribution in [1.82, 2.24) is 10.3 Å². The third kappa shape index (κ3) is 4.39. The fourth-order valence-electron chi connectivity index (χ4n) is 4.29. The molecule has 1 aliphatic heterocycles. The maximum Gasteiger partial charge on any atom is 0.229 e. The summed E-state index contributed by atoms with van der Waals surface area (Å²) < 4.78 is 5.86. The Hall–Kier alpha value is -1.92. The minimum absolute atomic E-state index is 0.0817. The maximum absolute atomic E-state index is 12.5. The first-order valence-electron chi connectivity index (χ1n) is 10.5. The molecule has 1 aliphatic carbocycles. The molecule has 1 aromatic carbocycles. The minimum Gasteiger partial charge on any atom is -0.493 e. The number of nitrogens with one attached hydrogen (secondary N) is 2. The highest BCUT2D eigenvalue weighted by Gasteiger charge is 2.23. The lowest BCUT2D eigenvalue weighted by molar-refractivity contribution is -0.120. The van der Waals surface area contributed by atoms with Gasteiger partial charge in [0.05, 0.1) is 12.3 Å². The summed E-state index contributed by atoms with van der Waals surface area (Å²) in [5.74, 6) is 1.68. The number of carbonyl (C=O) groups excluding carboxylic acids is 1. The lowest BCUT2D eigenvalue weighted by Crippen LogP contribution is -2.34. The Morgan fingerprint density at radius 2 is 2.04 bits per heavy atom. The van der Waals surface area contributed by atoms with Crippen LogP contribution in [-0.4, -0.2) is 30.6 Å². The molecule has 1 saturated heterocycles. The van der Waals surface area contributed by atoms with Gasteiger partial charge in [-0.25, -0.2) is 4.98 Å². The van der Waals surface area contributed by atoms with Crippen LogP contribution in [0.1, 0.15) is 56.9 Å². The molecule has 0 radical (unpaired) electrons. The van der Waals surface area contributed by atoms with Gasteiger partial charge in [0.15, 0.2) is 5.13 Å². The molecule has 2 aromatic rings. The van der Waals surface area contributed by atoms with Gasteiger partial charge in [-0.05, 0) is 69.3 Å². The van der Waals surface area contributed by atoms with Gasteiger partial charge in [-0.2, -0.15) is 0 Å². The molecule has 2 heterocycles. The van der Waals surface area contributed by atoms with Crippen molar-refractivity contribution in [3.05, 3.63) is 29.1 Å². The number of aromatic nitrogens is 1. The summed E-state index contributed by atoms with van der Waals surface area (Å²) in [6.45, 7) is 4.44. The van der Waals surface area contributed by atoms with E-state index in [0.29, 0.717) is 17.7 Å². The van der Waals surface area contributed by atoms with Crippen molar-refractivity contribution in [2.75, 3.05) is 25.0 Å². The van der Waals surface area contributed by atoms with E-state index in [9.17, 15) is 4.79 Å². The van der Waals surface area contributed by atoms with E-state index < -0.39 is 0 Å². The van der Waals surface area contributed by atoms with Crippen LogP contribution in [-0.2, 0) is 4.79 Å². The fraction of sp³-hybridized carbons (Fsp3) is 0.545. The van der Waals surface area contributed by atoms with E-state index in [2.05, 4.69) is 28.8 Å². The molecule has 2 fully saturated rings. The van der Waals surface area contributed by atoms with Gasteiger partial charge >= 0.3 is 0 Å². The largest absolute Gasteiger partial charge is 0.493 e. The van der Waals surface area contributed by atoms with E-state index >= 15 is 0 Å². The van der Waals surface area contributed by atoms with Crippen LogP contribution in [0.2, 0.25) is 0 Å². The van der Waals surface area contributed by atoms with E-state index in [1.54, 1.807) is 0 Å². The van der Waals surface area contributed by atoms with Gasteiger partial charge in [0.25, 0.3) is 0 Å². The molecule has 1 saturated carbocycles. The van der Waals surface area contributed by atoms with E-state index in [1.807, 2.05) is 12.3 Å². The Balaban J connectivity index is 1.54. The van der Waals surface area contributed by atoms with Crippen LogP contribution in [0.3, 0.4) is 0 Å². The summed E-state index contributed by atoms with van der Waals surface area (Å²) in [4.78, 5) is 17.2. The zero-order valence-electron chi connectivity index (χ0n) is 16.5. The molecule has 6 heteroatoms. The van der Waals surface area contributed by atoms with Crippen molar-refractivity contribution < 1.29 is 9.53 Å². The molecule has 1 amide bonds. The highest BCUT2D eigenvalue weighted by atomic mass is 32.1. The number of hydrogen-bond acceptors (Lipinski definition) is 5. The first-order chi connectivity index (χ1) is 13.7. The molecular formula is C22H29N3O2S. The normalized spacial score (nSPS) is 18.3. The molecule has 5 nitrogen and oxygen atoms in total. The standard InChI is InChI=1S/C22H29N3O2S/c1-2-27-20-8-7-17(15-5-3-4-6-15)13-18(20)19-14-28-22(24-19)25-21(26)16-9-11-23-12-10-16/h7-8,13-16,23H,2-6,9-12H2,1H3,(H,24,25,26). The summed E-state index contributed by atoms with van der Waals surface area (Å²) in [7, 11) is 0. The fourth-order valence-corrected chi connectivity index (χ4v) is 5.00. The van der Waals surface area contributed by atoms with E-state index in [1.165, 1.54) is 42.6 Å². The van der Waals surface area contributed by atoms with Gasteiger partial charge in [-0.15, -0.1) is 11.3 Å². The molecule has 28 heavy (non-hydrogen) atoms. The molecule has 2 aliphatic rings. The van der Waals surface area contributed by atoms with Crippen LogP contribution in [0.4, 0.5) is 5.13 Å². The molecule has 4 rings (SSSR count). The molecule has 0 spiro atoms. The van der Waals surface area contributed by atoms with Crippen LogP contribution in [0.15, 0.2) is 23.6 Å². The number of nitrogens with zero attached hydrogens (tertiary/aromatic N) is 1. The van der Waals surface area contributed by atoms with Crippen LogP contribution >= 0.6 is 11.3 Å². The van der Waals surface area contributed by atoms with Gasteiger partial charge in [-0.1, -0.05) is 18.9 Å². The zero-order chi connectivity index (χ0) is 19.3. The van der Waals surface area contributed by atoms with Crippen molar-refractivity contribution in [2.45, 2.75) is 51.4 Å². The molecule has 0 bridgehead atoms. The number of hydrogen-bond donors (Lipinski definition) is 2. The number of amides is 1. The van der Waals surface area contributed by atoms with Gasteiger partial charge in [0.2, 0.25) is 5.91 Å². The topological polar surface area (TPSA) is 63.2 Å². The first kappa shape index (κ1) is 19.4. The zero-order valence-corrected chi connectivity index (χ0v) is 17.3. The number of anilines is 1. The van der Waals surface area contributed by atoms with Crippen LogP contribution in [0.25, 0.3) is 11.3 Å². The molecule has 0 atom stereocenters. The van der Waals surface area contributed by atoms with Crippen molar-refractivity contribution in [2.24, 2.45) is 5.92 Å². The van der Waals surface area contributed by atoms with Crippen molar-refractivity contribution in [3.8, 4) is 17.0 Å². The summed E-state index contributed by atoms with van der Waals surface area (Å²) >= 11 is 1.49. The Morgan fingerprint density at radius 1 is 1.25 bits per heavy atom. The third-order valence-electron chi connectivity index (χ3n) is 5.85. The first-order valence-corrected chi connectivity index (χ1v) is 11.4. The van der Waals surface area contributed by atoms with E-state index in [4.69, 9.17) is 9.72 Å². The number of rotatable bonds is 6. The quantitative estimate of drug-likeness (QED) is 0.732. The Morgan fingerprint density at radius 3 is 2.79 bits per heavy atom. The number of piperidine rings is 1. The van der Waals surface area contributed by atoms with Gasteiger partial charge < -0.3 is 15.4 Å². The predicted octanol–water partition coefficient (Wildman–Crippen LogP) is 4.80. The Kier molecular flexibility index (Phi) is 6.27. The number of thiazole rings is 1. The monoisotopic (exact) mass is 399 g/mol. The SMILES string of the molecule is CCOc1ccc(C2CCCC2)cc1-c1csc(NC(=O)C2CCNCC2)n1. The summed E-state index contributed by atoms with van der Waals surface area (Å²) in [6.07, 6.45) is 6.95. The predicted molar refractivity (Wildman–Crippen MR) is 114 cm³/mol. The minimum atomic E-state index is 0.0817. The molecular weight excluding hydrogens is 370 g/mol. The Labute approximate surface area is 170 Å². The second kappa shape index (κ2) is 9.05. The second-order valence-corrected chi connectivity index (χ2v) is 8.58. The van der Waals surface area contributed by atoms with Crippen LogP contribution in [0, 0.1) is 5.92 Å². The number of carbonyl (C=O) groups is 1. The number of benzene rings is 1. The van der Waals surface area contributed by atoms with Crippen molar-refractivity contribution in [1.29, 1.82) is 0 Å². The number of ether oxygens (including phenoxy) is 1. The molecule has 150 valence electrons. The Bertz CT molecular complexity index is 808. The van der Waals surface area contributed by atoms with Gasteiger partial charge in [-0.3, -0.25) is 4.79 Å². The van der Waals surface area contributed by atoms with Crippen LogP contribution < -0.4 is 15.4 Å². The summed E-state index contributed by atoms with van der Waals surface area (Å²) in [5, 5.41) is 9.02. The highest BCUT2D eigenvalue weighted by molar-refractivity contribution is 7.14. The second-order valence-electron chi connectivity index (χ2n) is 7.72. The molecule has 2 N–H and O–H groups in total. The summed E-state index contributed by atoms with van der Waals surface area (Å²) in [6, 6.07) is 6.53. The average Bonchev–Trinajstić information content (AvgIpc) is 3.41. The average molecular weight is 400 g/mol. The molecule has 1 aromatic heterocycles. The van der Waals surface area contributed by atoms with E-state index in [-0.39, 0.29) is 11.8 Å². The van der Waals surface area contributed by atoms with Gasteiger partial charge in [0.1, 0.15) is 5.75 Å². The highest BCUT2D eigenvalue weighted by Crippen LogP contribution is 2.39. The third-order valence-corrected chi connectivity index (χ3v) is 6.61. The lowest BCUT2D eigenvalue weighted by atomic mass is 9.95. The van der Waals surface area contributed by atoms with E-state index in [0.717, 1.165) is 42.9 Å². The van der Waals surface area contributed by atoms with Crippen molar-refractivity contribution in [3.63, 3.8) is 0 Å². The van der Waals surface area contributed by atoms with Crippen molar-refractivity contribution >= 4 is 22.4 Å². The van der Waals surface area contributed by atoms with Crippen LogP contribution in [0.5, 0.6) is 5.75 Å². The summed E-state index contributed by atoms with van der Waals surface area (Å²) in [5.41, 5.74) is 3.29. The smallest absolute Gasteiger partial charge is 0.229 e. The molecule has 0 unspecified atom stereocenters.